The van der Waals surface area contributed by atoms with E-state index in [0.29, 0.717) is 11.6 Å². The Morgan fingerprint density at radius 2 is 2.10 bits per heavy atom. The van der Waals surface area contributed by atoms with Crippen molar-refractivity contribution in [2.24, 2.45) is 0 Å². The van der Waals surface area contributed by atoms with E-state index in [9.17, 15) is 9.59 Å². The van der Waals surface area contributed by atoms with Crippen LogP contribution in [-0.2, 0) is 4.79 Å². The number of fused-ring (bicyclic) bond motifs is 3. The van der Waals surface area contributed by atoms with Crippen LogP contribution in [0.2, 0.25) is 0 Å². The predicted octanol–water partition coefficient (Wildman–Crippen LogP) is 1.89. The third kappa shape index (κ3) is 2.26. The highest BCUT2D eigenvalue weighted by molar-refractivity contribution is 6.05. The summed E-state index contributed by atoms with van der Waals surface area (Å²) in [7, 11) is 0. The molecule has 1 aromatic carbocycles. The van der Waals surface area contributed by atoms with Crippen LogP contribution in [0.1, 0.15) is 42.5 Å². The quantitative estimate of drug-likeness (QED) is 0.872. The number of rotatable bonds is 2. The van der Waals surface area contributed by atoms with Gasteiger partial charge in [-0.05, 0) is 50.3 Å². The first-order valence-electron chi connectivity index (χ1n) is 7.75. The Bertz CT molecular complexity index is 610. The van der Waals surface area contributed by atoms with Gasteiger partial charge in [-0.3, -0.25) is 9.59 Å². The van der Waals surface area contributed by atoms with E-state index in [1.54, 1.807) is 6.07 Å². The fourth-order valence-corrected chi connectivity index (χ4v) is 3.23. The van der Waals surface area contributed by atoms with Gasteiger partial charge in [0.15, 0.2) is 0 Å². The van der Waals surface area contributed by atoms with Crippen LogP contribution in [0.25, 0.3) is 0 Å². The van der Waals surface area contributed by atoms with Gasteiger partial charge in [-0.25, -0.2) is 0 Å². The first-order chi connectivity index (χ1) is 10.2. The molecule has 0 aromatic heterocycles. The van der Waals surface area contributed by atoms with E-state index in [-0.39, 0.29) is 17.9 Å². The Balaban J connectivity index is 1.64. The normalized spacial score (nSPS) is 23.9. The van der Waals surface area contributed by atoms with E-state index >= 15 is 0 Å². The molecule has 110 valence electrons. The molecule has 1 unspecified atom stereocenters. The summed E-state index contributed by atoms with van der Waals surface area (Å²) in [6, 6.07) is 5.93. The number of anilines is 2. The average Bonchev–Trinajstić information content (AvgIpc) is 3.31. The Morgan fingerprint density at radius 3 is 2.90 bits per heavy atom. The van der Waals surface area contributed by atoms with Crippen LogP contribution < -0.4 is 15.5 Å². The minimum absolute atomic E-state index is 0.0441. The van der Waals surface area contributed by atoms with Crippen molar-refractivity contribution in [2.45, 2.75) is 44.2 Å². The summed E-state index contributed by atoms with van der Waals surface area (Å²) >= 11 is 0. The number of amides is 2. The molecular formula is C16H19N3O2. The molecule has 1 aliphatic carbocycles. The predicted molar refractivity (Wildman–Crippen MR) is 80.5 cm³/mol. The third-order valence-corrected chi connectivity index (χ3v) is 4.54. The zero-order chi connectivity index (χ0) is 14.4. The number of piperidine rings is 1. The zero-order valence-electron chi connectivity index (χ0n) is 11.9. The second kappa shape index (κ2) is 4.76. The second-order valence-electron chi connectivity index (χ2n) is 6.17. The first-order valence-corrected chi connectivity index (χ1v) is 7.75. The number of carbonyl (C=O) groups is 2. The molecule has 0 spiro atoms. The molecular weight excluding hydrogens is 266 g/mol. The van der Waals surface area contributed by atoms with Gasteiger partial charge in [-0.1, -0.05) is 0 Å². The number of hydrogen-bond acceptors (Lipinski definition) is 3. The molecule has 1 aromatic rings. The smallest absolute Gasteiger partial charge is 0.251 e. The van der Waals surface area contributed by atoms with Gasteiger partial charge in [0, 0.05) is 18.2 Å². The van der Waals surface area contributed by atoms with Crippen LogP contribution in [0.4, 0.5) is 11.4 Å². The molecule has 21 heavy (non-hydrogen) atoms. The lowest BCUT2D eigenvalue weighted by Gasteiger charge is -2.41. The van der Waals surface area contributed by atoms with Crippen molar-refractivity contribution in [1.82, 2.24) is 5.32 Å². The Hall–Kier alpha value is -2.04. The van der Waals surface area contributed by atoms with Gasteiger partial charge in [-0.2, -0.15) is 0 Å². The standard InChI is InChI=1S/C16H19N3O2/c20-15(17-11-5-6-11)10-4-7-13-12(9-10)18-16(21)14-3-1-2-8-19(13)14/h4,7,9,11,14H,1-3,5-6,8H2,(H,17,20)(H,18,21). The Labute approximate surface area is 123 Å². The van der Waals surface area contributed by atoms with Crippen molar-refractivity contribution >= 4 is 23.2 Å². The lowest BCUT2D eigenvalue weighted by Crippen LogP contribution is -2.50. The van der Waals surface area contributed by atoms with Crippen molar-refractivity contribution in [3.8, 4) is 0 Å². The number of carbonyl (C=O) groups excluding carboxylic acids is 2. The van der Waals surface area contributed by atoms with E-state index in [4.69, 9.17) is 0 Å². The summed E-state index contributed by atoms with van der Waals surface area (Å²) < 4.78 is 0. The van der Waals surface area contributed by atoms with Gasteiger partial charge in [0.1, 0.15) is 6.04 Å². The Morgan fingerprint density at radius 1 is 1.24 bits per heavy atom. The highest BCUT2D eigenvalue weighted by Crippen LogP contribution is 2.36. The summed E-state index contributed by atoms with van der Waals surface area (Å²) in [4.78, 5) is 26.5. The summed E-state index contributed by atoms with van der Waals surface area (Å²) in [6.07, 6.45) is 5.28. The lowest BCUT2D eigenvalue weighted by atomic mass is 9.97. The van der Waals surface area contributed by atoms with Crippen LogP contribution in [0.5, 0.6) is 0 Å². The maximum Gasteiger partial charge on any atom is 0.251 e. The highest BCUT2D eigenvalue weighted by Gasteiger charge is 2.35. The molecule has 5 heteroatoms. The molecule has 1 atom stereocenters. The van der Waals surface area contributed by atoms with E-state index in [0.717, 1.165) is 50.0 Å². The lowest BCUT2D eigenvalue weighted by molar-refractivity contribution is -0.118. The zero-order valence-corrected chi connectivity index (χ0v) is 11.9. The van der Waals surface area contributed by atoms with Crippen LogP contribution in [0, 0.1) is 0 Å². The maximum atomic E-state index is 12.2. The molecule has 0 radical (unpaired) electrons. The molecule has 2 heterocycles. The van der Waals surface area contributed by atoms with Crippen LogP contribution >= 0.6 is 0 Å². The monoisotopic (exact) mass is 285 g/mol. The fourth-order valence-electron chi connectivity index (χ4n) is 3.23. The molecule has 2 aliphatic heterocycles. The topological polar surface area (TPSA) is 61.4 Å². The number of nitrogens with zero attached hydrogens (tertiary/aromatic N) is 1. The van der Waals surface area contributed by atoms with Crippen molar-refractivity contribution in [1.29, 1.82) is 0 Å². The van der Waals surface area contributed by atoms with Crippen molar-refractivity contribution in [2.75, 3.05) is 16.8 Å². The highest BCUT2D eigenvalue weighted by atomic mass is 16.2. The van der Waals surface area contributed by atoms with E-state index in [1.165, 1.54) is 0 Å². The van der Waals surface area contributed by atoms with E-state index in [2.05, 4.69) is 15.5 Å². The number of nitrogens with one attached hydrogen (secondary N) is 2. The minimum atomic E-state index is -0.0460. The number of benzene rings is 1. The number of hydrogen-bond donors (Lipinski definition) is 2. The summed E-state index contributed by atoms with van der Waals surface area (Å²) in [6.45, 7) is 0.915. The maximum absolute atomic E-state index is 12.2. The molecule has 1 saturated heterocycles. The largest absolute Gasteiger partial charge is 0.358 e. The van der Waals surface area contributed by atoms with Gasteiger partial charge in [-0.15, -0.1) is 0 Å². The molecule has 3 aliphatic rings. The summed E-state index contributed by atoms with van der Waals surface area (Å²) in [5.74, 6) is 0.0114. The second-order valence-corrected chi connectivity index (χ2v) is 6.17. The van der Waals surface area contributed by atoms with Gasteiger partial charge in [0.05, 0.1) is 11.4 Å². The van der Waals surface area contributed by atoms with Crippen LogP contribution in [-0.4, -0.2) is 30.4 Å². The summed E-state index contributed by atoms with van der Waals surface area (Å²) in [5.41, 5.74) is 2.43. The van der Waals surface area contributed by atoms with Crippen LogP contribution in [0.15, 0.2) is 18.2 Å². The fraction of sp³-hybridized carbons (Fsp3) is 0.500. The molecule has 5 nitrogen and oxygen atoms in total. The molecule has 0 bridgehead atoms. The van der Waals surface area contributed by atoms with Crippen LogP contribution in [0.3, 0.4) is 0 Å². The molecule has 2 fully saturated rings. The minimum Gasteiger partial charge on any atom is -0.358 e. The first kappa shape index (κ1) is 12.7. The van der Waals surface area contributed by atoms with Gasteiger partial charge in [0.2, 0.25) is 5.91 Å². The summed E-state index contributed by atoms with van der Waals surface area (Å²) in [5, 5.41) is 5.94. The van der Waals surface area contributed by atoms with Gasteiger partial charge in [0.25, 0.3) is 5.91 Å². The van der Waals surface area contributed by atoms with Crippen molar-refractivity contribution in [3.05, 3.63) is 23.8 Å². The molecule has 4 rings (SSSR count). The Kier molecular flexibility index (Phi) is 2.87. The molecule has 2 N–H and O–H groups in total. The third-order valence-electron chi connectivity index (χ3n) is 4.54. The van der Waals surface area contributed by atoms with Gasteiger partial charge < -0.3 is 15.5 Å². The van der Waals surface area contributed by atoms with E-state index < -0.39 is 0 Å². The SMILES string of the molecule is O=C(NC1CC1)c1ccc2c(c1)NC(=O)C1CCCCN21. The molecule has 1 saturated carbocycles. The van der Waals surface area contributed by atoms with Crippen molar-refractivity contribution in [3.63, 3.8) is 0 Å². The van der Waals surface area contributed by atoms with Crippen molar-refractivity contribution < 1.29 is 9.59 Å². The molecule has 2 amide bonds. The average molecular weight is 285 g/mol. The van der Waals surface area contributed by atoms with Gasteiger partial charge >= 0.3 is 0 Å². The van der Waals surface area contributed by atoms with E-state index in [1.807, 2.05) is 12.1 Å².